The minimum Gasteiger partial charge on any atom is -0.497 e. The number of hydrogen-bond donors (Lipinski definition) is 0. The predicted molar refractivity (Wildman–Crippen MR) is 100.0 cm³/mol. The Hall–Kier alpha value is -2.34. The summed E-state index contributed by atoms with van der Waals surface area (Å²) >= 11 is 3.38. The topological polar surface area (TPSA) is 49.9 Å². The predicted octanol–water partition coefficient (Wildman–Crippen LogP) is 3.34. The number of halogens is 1. The normalized spacial score (nSPS) is 17.6. The van der Waals surface area contributed by atoms with Gasteiger partial charge in [-0.2, -0.15) is 0 Å². The maximum atomic E-state index is 12.8. The zero-order valence-electron chi connectivity index (χ0n) is 14.1. The quantitative estimate of drug-likeness (QED) is 0.790. The van der Waals surface area contributed by atoms with E-state index in [1.807, 2.05) is 36.4 Å². The van der Waals surface area contributed by atoms with Gasteiger partial charge in [0.05, 0.1) is 7.11 Å². The molecule has 5 nitrogen and oxygen atoms in total. The molecule has 0 unspecified atom stereocenters. The lowest BCUT2D eigenvalue weighted by molar-refractivity contribution is -0.124. The van der Waals surface area contributed by atoms with E-state index in [1.54, 1.807) is 36.0 Å². The van der Waals surface area contributed by atoms with Crippen molar-refractivity contribution in [2.45, 2.75) is 13.0 Å². The second-order valence-electron chi connectivity index (χ2n) is 5.88. The summed E-state index contributed by atoms with van der Waals surface area (Å²) in [5, 5.41) is 0. The highest BCUT2D eigenvalue weighted by Crippen LogP contribution is 2.25. The Morgan fingerprint density at radius 1 is 1.16 bits per heavy atom. The van der Waals surface area contributed by atoms with E-state index in [-0.39, 0.29) is 11.8 Å². The summed E-state index contributed by atoms with van der Waals surface area (Å²) in [6, 6.07) is 14.1. The fourth-order valence-electron chi connectivity index (χ4n) is 2.97. The number of amides is 2. The molecule has 1 atom stereocenters. The van der Waals surface area contributed by atoms with Gasteiger partial charge in [-0.05, 0) is 37.3 Å². The number of methoxy groups -OCH3 is 1. The molecule has 2 aromatic carbocycles. The van der Waals surface area contributed by atoms with Crippen molar-refractivity contribution in [3.8, 4) is 5.75 Å². The van der Waals surface area contributed by atoms with Gasteiger partial charge in [0.1, 0.15) is 11.8 Å². The molecular weight excluding hydrogens is 384 g/mol. The number of rotatable bonds is 3. The highest BCUT2D eigenvalue weighted by Gasteiger charge is 2.35. The molecular formula is C19H19BrN2O3. The van der Waals surface area contributed by atoms with Crippen LogP contribution in [-0.2, 0) is 4.79 Å². The van der Waals surface area contributed by atoms with Crippen LogP contribution in [0.2, 0.25) is 0 Å². The average Bonchev–Trinajstić information content (AvgIpc) is 2.63. The van der Waals surface area contributed by atoms with E-state index < -0.39 is 6.04 Å². The summed E-state index contributed by atoms with van der Waals surface area (Å²) in [7, 11) is 1.60. The Bertz CT molecular complexity index is 809. The van der Waals surface area contributed by atoms with Crippen molar-refractivity contribution in [2.24, 2.45) is 0 Å². The molecule has 2 amide bonds. The number of ether oxygens (including phenoxy) is 1. The molecule has 1 aliphatic rings. The van der Waals surface area contributed by atoms with E-state index in [9.17, 15) is 9.59 Å². The third kappa shape index (κ3) is 3.54. The lowest BCUT2D eigenvalue weighted by Crippen LogP contribution is -2.57. The monoisotopic (exact) mass is 402 g/mol. The van der Waals surface area contributed by atoms with Crippen LogP contribution in [0.15, 0.2) is 53.0 Å². The Morgan fingerprint density at radius 2 is 1.92 bits per heavy atom. The van der Waals surface area contributed by atoms with Crippen LogP contribution in [0.5, 0.6) is 5.75 Å². The molecule has 0 spiro atoms. The number of carbonyl (C=O) groups excluding carboxylic acids is 2. The number of hydrogen-bond acceptors (Lipinski definition) is 3. The molecule has 1 saturated heterocycles. The largest absolute Gasteiger partial charge is 0.497 e. The van der Waals surface area contributed by atoms with Gasteiger partial charge in [0.25, 0.3) is 5.91 Å². The first kappa shape index (κ1) is 17.5. The van der Waals surface area contributed by atoms with Crippen LogP contribution in [0.1, 0.15) is 17.3 Å². The summed E-state index contributed by atoms with van der Waals surface area (Å²) in [5.41, 5.74) is 1.36. The lowest BCUT2D eigenvalue weighted by Gasteiger charge is -2.39. The third-order valence-electron chi connectivity index (χ3n) is 4.35. The first-order valence-corrected chi connectivity index (χ1v) is 8.82. The van der Waals surface area contributed by atoms with E-state index in [2.05, 4.69) is 15.9 Å². The second kappa shape index (κ2) is 7.27. The van der Waals surface area contributed by atoms with Crippen LogP contribution in [0.25, 0.3) is 0 Å². The molecule has 0 bridgehead atoms. The van der Waals surface area contributed by atoms with E-state index in [4.69, 9.17) is 4.74 Å². The van der Waals surface area contributed by atoms with Crippen molar-refractivity contribution in [3.63, 3.8) is 0 Å². The van der Waals surface area contributed by atoms with E-state index >= 15 is 0 Å². The summed E-state index contributed by atoms with van der Waals surface area (Å²) in [6.07, 6.45) is 0. The van der Waals surface area contributed by atoms with E-state index in [1.165, 1.54) is 0 Å². The van der Waals surface area contributed by atoms with Gasteiger partial charge < -0.3 is 14.5 Å². The molecule has 1 fully saturated rings. The van der Waals surface area contributed by atoms with Gasteiger partial charge in [0, 0.05) is 34.9 Å². The molecule has 1 aliphatic heterocycles. The van der Waals surface area contributed by atoms with Gasteiger partial charge >= 0.3 is 0 Å². The van der Waals surface area contributed by atoms with Crippen LogP contribution in [0, 0.1) is 0 Å². The SMILES string of the molecule is COc1cccc(N2CCN(C(=O)c3cccc(Br)c3)[C@@H](C)C2=O)c1. The molecule has 0 radical (unpaired) electrons. The minimum atomic E-state index is -0.522. The maximum Gasteiger partial charge on any atom is 0.254 e. The number of carbonyl (C=O) groups is 2. The molecule has 0 N–H and O–H groups in total. The van der Waals surface area contributed by atoms with Gasteiger partial charge in [0.2, 0.25) is 5.91 Å². The highest BCUT2D eigenvalue weighted by atomic mass is 79.9. The van der Waals surface area contributed by atoms with E-state index in [0.717, 1.165) is 10.2 Å². The molecule has 3 rings (SSSR count). The molecule has 1 heterocycles. The molecule has 6 heteroatoms. The van der Waals surface area contributed by atoms with Crippen molar-refractivity contribution in [2.75, 3.05) is 25.1 Å². The van der Waals surface area contributed by atoms with Crippen molar-refractivity contribution in [1.82, 2.24) is 4.90 Å². The van der Waals surface area contributed by atoms with Gasteiger partial charge in [-0.1, -0.05) is 28.1 Å². The molecule has 130 valence electrons. The number of anilines is 1. The standard InChI is InChI=1S/C19H19BrN2O3/c1-13-18(23)22(16-7-4-8-17(12-16)25-2)10-9-21(13)19(24)14-5-3-6-15(20)11-14/h3-8,11-13H,9-10H2,1-2H3/t13-/m0/s1. The van der Waals surface area contributed by atoms with Crippen LogP contribution in [-0.4, -0.2) is 43.0 Å². The number of benzene rings is 2. The minimum absolute atomic E-state index is 0.0946. The van der Waals surface area contributed by atoms with Crippen molar-refractivity contribution < 1.29 is 14.3 Å². The Kier molecular flexibility index (Phi) is 5.08. The smallest absolute Gasteiger partial charge is 0.254 e. The van der Waals surface area contributed by atoms with Gasteiger partial charge in [-0.3, -0.25) is 9.59 Å². The molecule has 0 aliphatic carbocycles. The van der Waals surface area contributed by atoms with Gasteiger partial charge in [0.15, 0.2) is 0 Å². The van der Waals surface area contributed by atoms with Crippen molar-refractivity contribution >= 4 is 33.4 Å². The summed E-state index contributed by atoms with van der Waals surface area (Å²) in [4.78, 5) is 28.9. The second-order valence-corrected chi connectivity index (χ2v) is 6.79. The van der Waals surface area contributed by atoms with Crippen LogP contribution in [0.3, 0.4) is 0 Å². The zero-order valence-corrected chi connectivity index (χ0v) is 15.7. The van der Waals surface area contributed by atoms with E-state index in [0.29, 0.717) is 24.4 Å². The highest BCUT2D eigenvalue weighted by molar-refractivity contribution is 9.10. The van der Waals surface area contributed by atoms with Gasteiger partial charge in [-0.15, -0.1) is 0 Å². The summed E-state index contributed by atoms with van der Waals surface area (Å²) in [5.74, 6) is 0.473. The van der Waals surface area contributed by atoms with Crippen LogP contribution in [0.4, 0.5) is 5.69 Å². The number of nitrogens with zero attached hydrogens (tertiary/aromatic N) is 2. The zero-order chi connectivity index (χ0) is 18.0. The maximum absolute atomic E-state index is 12.8. The van der Waals surface area contributed by atoms with Gasteiger partial charge in [-0.25, -0.2) is 0 Å². The summed E-state index contributed by atoms with van der Waals surface area (Å²) in [6.45, 7) is 2.70. The van der Waals surface area contributed by atoms with Crippen LogP contribution < -0.4 is 9.64 Å². The Morgan fingerprint density at radius 3 is 2.64 bits per heavy atom. The summed E-state index contributed by atoms with van der Waals surface area (Å²) < 4.78 is 6.07. The average molecular weight is 403 g/mol. The third-order valence-corrected chi connectivity index (χ3v) is 4.85. The molecule has 2 aromatic rings. The molecule has 0 saturated carbocycles. The molecule has 0 aromatic heterocycles. The number of piperazine rings is 1. The first-order chi connectivity index (χ1) is 12.0. The van der Waals surface area contributed by atoms with Crippen LogP contribution >= 0.6 is 15.9 Å². The Labute approximate surface area is 155 Å². The lowest BCUT2D eigenvalue weighted by atomic mass is 10.1. The van der Waals surface area contributed by atoms with Crippen molar-refractivity contribution in [3.05, 3.63) is 58.6 Å². The van der Waals surface area contributed by atoms with Crippen molar-refractivity contribution in [1.29, 1.82) is 0 Å². The molecule has 25 heavy (non-hydrogen) atoms. The fraction of sp³-hybridized carbons (Fsp3) is 0.263. The fourth-order valence-corrected chi connectivity index (χ4v) is 3.37. The first-order valence-electron chi connectivity index (χ1n) is 8.03. The Balaban J connectivity index is 1.80.